The van der Waals surface area contributed by atoms with E-state index in [-0.39, 0.29) is 17.7 Å². The van der Waals surface area contributed by atoms with Crippen molar-refractivity contribution in [2.45, 2.75) is 124 Å². The molecule has 20 nitrogen and oxygen atoms in total. The zero-order chi connectivity index (χ0) is 44.4. The van der Waals surface area contributed by atoms with Crippen LogP contribution >= 0.6 is 0 Å². The van der Waals surface area contributed by atoms with Crippen LogP contribution in [0, 0.1) is 16.0 Å². The second kappa shape index (κ2) is 18.7. The number of nitrogens with zero attached hydrogens (tertiary/aromatic N) is 2. The van der Waals surface area contributed by atoms with Crippen LogP contribution in [0.2, 0.25) is 0 Å². The van der Waals surface area contributed by atoms with Crippen LogP contribution in [-0.4, -0.2) is 141 Å². The van der Waals surface area contributed by atoms with Crippen molar-refractivity contribution in [3.8, 4) is 0 Å². The number of nitro benzene ring substituents is 1. The van der Waals surface area contributed by atoms with Crippen LogP contribution in [0.1, 0.15) is 47.5 Å². The first-order valence-corrected chi connectivity index (χ1v) is 22.2. The highest BCUT2D eigenvalue weighted by Gasteiger charge is 2.55. The highest BCUT2D eigenvalue weighted by molar-refractivity contribution is 7.89. The quantitative estimate of drug-likeness (QED) is 0.115. The number of aliphatic hydroxyl groups is 3. The molecule has 2 aromatic rings. The molecule has 3 aliphatic rings. The highest BCUT2D eigenvalue weighted by Crippen LogP contribution is 2.38. The molecular formula is C38H55N5O15S2. The Morgan fingerprint density at radius 1 is 1.00 bits per heavy atom. The number of hydrogen-bond acceptors (Lipinski definition) is 16. The first-order valence-electron chi connectivity index (χ1n) is 19.3. The van der Waals surface area contributed by atoms with Gasteiger partial charge < -0.3 is 49.6 Å². The molecular weight excluding hydrogens is 831 g/mol. The van der Waals surface area contributed by atoms with E-state index in [1.54, 1.807) is 46.9 Å². The van der Waals surface area contributed by atoms with Crippen LogP contribution in [-0.2, 0) is 43.7 Å². The number of amides is 1. The van der Waals surface area contributed by atoms with Gasteiger partial charge in [0.1, 0.15) is 35.3 Å². The van der Waals surface area contributed by atoms with E-state index < -0.39 is 120 Å². The molecule has 2 aliphatic heterocycles. The second-order valence-electron chi connectivity index (χ2n) is 16.3. The lowest BCUT2D eigenvalue weighted by Gasteiger charge is -2.50. The number of sulfonamides is 2. The Bertz CT molecular complexity index is 2080. The van der Waals surface area contributed by atoms with Crippen LogP contribution in [0.25, 0.3) is 0 Å². The molecule has 1 saturated heterocycles. The normalized spacial score (nSPS) is 31.5. The predicted octanol–water partition coefficient (Wildman–Crippen LogP) is 1.31. The average Bonchev–Trinajstić information content (AvgIpc) is 3.16. The van der Waals surface area contributed by atoms with Crippen LogP contribution in [0.15, 0.2) is 76.2 Å². The van der Waals surface area contributed by atoms with Crippen LogP contribution in [0.5, 0.6) is 0 Å². The van der Waals surface area contributed by atoms with Gasteiger partial charge in [0.2, 0.25) is 26.3 Å². The molecule has 60 heavy (non-hydrogen) atoms. The van der Waals surface area contributed by atoms with Gasteiger partial charge >= 0.3 is 6.09 Å². The number of aliphatic hydroxyl groups excluding tert-OH is 2. The third-order valence-corrected chi connectivity index (χ3v) is 13.7. The smallest absolute Gasteiger partial charge is 0.408 e. The summed E-state index contributed by atoms with van der Waals surface area (Å²) < 4.78 is 88.5. The molecule has 0 bridgehead atoms. The zero-order valence-corrected chi connectivity index (χ0v) is 36.0. The first-order chi connectivity index (χ1) is 28.0. The molecule has 6 N–H and O–H groups in total. The van der Waals surface area contributed by atoms with Gasteiger partial charge in [0.25, 0.3) is 5.69 Å². The SMILES string of the molecule is CNCC1=CC[C@@H](NC(=O)OC(C)(C)C)[C@@H](O[C@H]2[C@H](O)[C@@H](O[C@H]3OC[C@](C)(O)[C@H](N(C)S(=O)(=O)c4ccccc4)[C@H]3O)[C@H](NS(=O)(=O)c3ccccc3[N+](=O)[O-])C[C@@H]2C)O1. The van der Waals surface area contributed by atoms with E-state index in [4.69, 9.17) is 23.7 Å². The molecule has 1 saturated carbocycles. The van der Waals surface area contributed by atoms with Crippen LogP contribution < -0.4 is 15.4 Å². The predicted molar refractivity (Wildman–Crippen MR) is 213 cm³/mol. The third kappa shape index (κ3) is 10.8. The lowest BCUT2D eigenvalue weighted by Crippen LogP contribution is -2.68. The number of carbonyl (C=O) groups is 1. The van der Waals surface area contributed by atoms with Gasteiger partial charge in [0.05, 0.1) is 47.2 Å². The topological polar surface area (TPSA) is 275 Å². The number of rotatable bonds is 14. The summed E-state index contributed by atoms with van der Waals surface area (Å²) in [5.74, 6) is -0.229. The van der Waals surface area contributed by atoms with E-state index in [0.29, 0.717) is 12.3 Å². The van der Waals surface area contributed by atoms with Gasteiger partial charge in [-0.25, -0.2) is 26.4 Å². The van der Waals surface area contributed by atoms with Crippen molar-refractivity contribution in [2.24, 2.45) is 5.92 Å². The summed E-state index contributed by atoms with van der Waals surface area (Å²) in [6.45, 7) is 7.72. The van der Waals surface area contributed by atoms with Crippen molar-refractivity contribution in [1.82, 2.24) is 19.7 Å². The lowest BCUT2D eigenvalue weighted by atomic mass is 9.80. The maximum atomic E-state index is 13.9. The van der Waals surface area contributed by atoms with Crippen LogP contribution in [0.3, 0.4) is 0 Å². The van der Waals surface area contributed by atoms with Gasteiger partial charge in [0, 0.05) is 13.1 Å². The van der Waals surface area contributed by atoms with E-state index in [2.05, 4.69) is 15.4 Å². The van der Waals surface area contributed by atoms with E-state index >= 15 is 0 Å². The van der Waals surface area contributed by atoms with Gasteiger partial charge in [0.15, 0.2) is 11.2 Å². The van der Waals surface area contributed by atoms with Gasteiger partial charge in [-0.3, -0.25) is 10.1 Å². The molecule has 1 aliphatic carbocycles. The van der Waals surface area contributed by atoms with Gasteiger partial charge in [-0.05, 0) is 77.8 Å². The highest BCUT2D eigenvalue weighted by atomic mass is 32.2. The zero-order valence-electron chi connectivity index (χ0n) is 34.3. The number of carbonyl (C=O) groups excluding carboxylic acids is 1. The fourth-order valence-electron chi connectivity index (χ4n) is 7.58. The van der Waals surface area contributed by atoms with Crippen molar-refractivity contribution >= 4 is 31.8 Å². The Morgan fingerprint density at radius 3 is 2.27 bits per heavy atom. The summed E-state index contributed by atoms with van der Waals surface area (Å²) in [6, 6.07) is 8.19. The molecule has 0 aromatic heterocycles. The van der Waals surface area contributed by atoms with Crippen molar-refractivity contribution in [3.63, 3.8) is 0 Å². The fraction of sp³-hybridized carbons (Fsp3) is 0.605. The molecule has 0 unspecified atom stereocenters. The van der Waals surface area contributed by atoms with Crippen LogP contribution in [0.4, 0.5) is 10.5 Å². The van der Waals surface area contributed by atoms with Gasteiger partial charge in [-0.2, -0.15) is 4.31 Å². The van der Waals surface area contributed by atoms with E-state index in [0.717, 1.165) is 16.4 Å². The number of hydrogen-bond donors (Lipinski definition) is 6. The molecule has 1 amide bonds. The van der Waals surface area contributed by atoms with Gasteiger partial charge in [-0.1, -0.05) is 37.3 Å². The van der Waals surface area contributed by atoms with E-state index in [9.17, 15) is 47.1 Å². The monoisotopic (exact) mass is 885 g/mol. The Balaban J connectivity index is 1.49. The third-order valence-electron chi connectivity index (χ3n) is 10.3. The Labute approximate surface area is 349 Å². The van der Waals surface area contributed by atoms with Crippen molar-refractivity contribution < 1.29 is 65.6 Å². The minimum Gasteiger partial charge on any atom is -0.466 e. The van der Waals surface area contributed by atoms with Crippen molar-refractivity contribution in [3.05, 3.63) is 76.5 Å². The summed E-state index contributed by atoms with van der Waals surface area (Å²) in [5.41, 5.74) is -3.53. The first kappa shape index (κ1) is 47.2. The summed E-state index contributed by atoms with van der Waals surface area (Å²) in [4.78, 5) is 23.1. The fourth-order valence-corrected chi connectivity index (χ4v) is 10.5. The molecule has 0 spiro atoms. The largest absolute Gasteiger partial charge is 0.466 e. The van der Waals surface area contributed by atoms with Gasteiger partial charge in [-0.15, -0.1) is 0 Å². The maximum Gasteiger partial charge on any atom is 0.408 e. The second-order valence-corrected chi connectivity index (χ2v) is 20.0. The number of nitro groups is 1. The molecule has 334 valence electrons. The summed E-state index contributed by atoms with van der Waals surface area (Å²) >= 11 is 0. The lowest BCUT2D eigenvalue weighted by molar-refractivity contribution is -0.387. The van der Waals surface area contributed by atoms with E-state index in [1.807, 2.05) is 0 Å². The number of alkyl carbamates (subject to hydrolysis) is 1. The summed E-state index contributed by atoms with van der Waals surface area (Å²) in [7, 11) is -6.17. The molecule has 2 aromatic carbocycles. The molecule has 22 heteroatoms. The van der Waals surface area contributed by atoms with Crippen molar-refractivity contribution in [1.29, 1.82) is 0 Å². The molecule has 5 rings (SSSR count). The Kier molecular flexibility index (Phi) is 14.7. The Morgan fingerprint density at radius 2 is 1.63 bits per heavy atom. The number of likely N-dealkylation sites (N-methyl/N-ethyl adjacent to an activating group) is 2. The summed E-state index contributed by atoms with van der Waals surface area (Å²) in [5, 5.41) is 53.0. The molecule has 11 atom stereocenters. The number of para-hydroxylation sites is 1. The van der Waals surface area contributed by atoms with E-state index in [1.165, 1.54) is 50.4 Å². The standard InChI is InChI=1S/C38H55N5O15S2/c1-22-19-26(41-59(50,51)28-16-12-11-15-27(28)43(48)49)32(29(44)31(22)56-34-25(18-17-23(55-34)20-39-6)40-36(46)58-37(2,3)4)57-35-30(45)33(38(5,47)21-54-35)42(7)60(52,53)24-13-9-8-10-14-24/h8-17,22,25-26,29-35,39,41,44-45,47H,18-21H2,1-7H3,(H,40,46)/t22-,25+,26+,29-,30+,31+,32-,33+,34+,35+,38-/m0/s1. The minimum absolute atomic E-state index is 0.127. The van der Waals surface area contributed by atoms with Crippen molar-refractivity contribution in [2.75, 3.05) is 27.2 Å². The number of nitrogens with one attached hydrogen (secondary N) is 3. The summed E-state index contributed by atoms with van der Waals surface area (Å²) in [6.07, 6.45) is -8.48. The molecule has 2 heterocycles. The maximum absolute atomic E-state index is 13.9. The number of ether oxygens (including phenoxy) is 5. The molecule has 0 radical (unpaired) electrons. The number of benzene rings is 2. The molecule has 2 fully saturated rings. The minimum atomic E-state index is -4.71. The Hall–Kier alpha value is -3.81. The average molecular weight is 886 g/mol.